The predicted octanol–water partition coefficient (Wildman–Crippen LogP) is 3.00. The Bertz CT molecular complexity index is 334. The van der Waals surface area contributed by atoms with Crippen molar-refractivity contribution in [2.75, 3.05) is 13.3 Å². The van der Waals surface area contributed by atoms with Gasteiger partial charge in [0.15, 0.2) is 0 Å². The summed E-state index contributed by atoms with van der Waals surface area (Å²) >= 11 is 0. The molecule has 0 aromatic heterocycles. The number of rotatable bonds is 6. The maximum atomic E-state index is 6.70. The molecule has 1 aliphatic rings. The molecule has 2 unspecified atom stereocenters. The zero-order valence-electron chi connectivity index (χ0n) is 16.3. The summed E-state index contributed by atoms with van der Waals surface area (Å²) in [5.41, 5.74) is 1.54. The van der Waals surface area contributed by atoms with Crippen LogP contribution in [-0.4, -0.2) is 49.8 Å². The van der Waals surface area contributed by atoms with Crippen molar-refractivity contribution in [2.45, 2.75) is 77.6 Å². The molecule has 0 aromatic rings. The quantitative estimate of drug-likeness (QED) is 0.646. The summed E-state index contributed by atoms with van der Waals surface area (Å²) in [7, 11) is -6.20. The third-order valence-corrected chi connectivity index (χ3v) is 19.1. The molecule has 0 aliphatic carbocycles. The van der Waals surface area contributed by atoms with Crippen LogP contribution in [0.3, 0.4) is 0 Å². The van der Waals surface area contributed by atoms with Crippen LogP contribution in [0.2, 0.25) is 22.2 Å². The monoisotopic (exact) mass is 396 g/mol. The van der Waals surface area contributed by atoms with Gasteiger partial charge in [-0.1, -0.05) is 55.4 Å². The Morgan fingerprint density at radius 3 is 1.39 bits per heavy atom. The summed E-state index contributed by atoms with van der Waals surface area (Å²) < 4.78 is 32.0. The van der Waals surface area contributed by atoms with Crippen molar-refractivity contribution in [3.8, 4) is 0 Å². The minimum Gasteiger partial charge on any atom is -0.420 e. The first-order valence-corrected chi connectivity index (χ1v) is 15.7. The van der Waals surface area contributed by atoms with Gasteiger partial charge in [0.05, 0.1) is 6.23 Å². The molecule has 0 spiro atoms. The lowest BCUT2D eigenvalue weighted by atomic mass is 10.6. The van der Waals surface area contributed by atoms with Crippen molar-refractivity contribution in [3.05, 3.63) is 0 Å². The third-order valence-electron chi connectivity index (χ3n) is 4.03. The SMILES string of the molecule is COC[Si]1(C(C)C)O[SiH](C(C)C)O[SiH](C(C)C)O[SiH](C(C)C)O1. The van der Waals surface area contributed by atoms with E-state index in [0.29, 0.717) is 28.4 Å². The normalized spacial score (nSPS) is 33.5. The van der Waals surface area contributed by atoms with E-state index in [1.165, 1.54) is 0 Å². The number of methoxy groups -OCH3 is 1. The van der Waals surface area contributed by atoms with Gasteiger partial charge in [0.2, 0.25) is 0 Å². The van der Waals surface area contributed by atoms with Gasteiger partial charge < -0.3 is 21.2 Å². The first kappa shape index (κ1) is 21.7. The van der Waals surface area contributed by atoms with E-state index in [-0.39, 0.29) is 0 Å². The van der Waals surface area contributed by atoms with Crippen molar-refractivity contribution >= 4 is 36.4 Å². The van der Waals surface area contributed by atoms with E-state index < -0.39 is 36.4 Å². The Morgan fingerprint density at radius 1 is 0.739 bits per heavy atom. The second-order valence-corrected chi connectivity index (χ2v) is 21.1. The van der Waals surface area contributed by atoms with Gasteiger partial charge >= 0.3 is 36.4 Å². The lowest BCUT2D eigenvalue weighted by molar-refractivity contribution is 0.176. The molecule has 5 nitrogen and oxygen atoms in total. The number of ether oxygens (including phenoxy) is 1. The fourth-order valence-electron chi connectivity index (χ4n) is 2.38. The highest BCUT2D eigenvalue weighted by molar-refractivity contribution is 6.83. The summed E-state index contributed by atoms with van der Waals surface area (Å²) in [5.74, 6) is 0. The molecule has 0 N–H and O–H groups in total. The van der Waals surface area contributed by atoms with Crippen LogP contribution in [0.15, 0.2) is 0 Å². The van der Waals surface area contributed by atoms with E-state index in [1.54, 1.807) is 7.11 Å². The van der Waals surface area contributed by atoms with E-state index >= 15 is 0 Å². The second kappa shape index (κ2) is 9.39. The van der Waals surface area contributed by atoms with Gasteiger partial charge in [0, 0.05) is 7.11 Å². The molecule has 1 aliphatic heterocycles. The molecule has 9 heteroatoms. The highest BCUT2D eigenvalue weighted by Crippen LogP contribution is 2.33. The molecule has 1 rings (SSSR count). The minimum absolute atomic E-state index is 0.314. The Hall–Kier alpha value is 0.668. The van der Waals surface area contributed by atoms with Crippen molar-refractivity contribution in [1.82, 2.24) is 0 Å². The number of hydrogen-bond donors (Lipinski definition) is 0. The zero-order chi connectivity index (χ0) is 17.8. The summed E-state index contributed by atoms with van der Waals surface area (Å²) in [5, 5.41) is 0. The highest BCUT2D eigenvalue weighted by atomic mass is 28.5. The van der Waals surface area contributed by atoms with Crippen LogP contribution in [0.4, 0.5) is 0 Å². The molecule has 0 aromatic carbocycles. The fourth-order valence-corrected chi connectivity index (χ4v) is 21.3. The maximum absolute atomic E-state index is 6.70. The molecule has 0 bridgehead atoms. The smallest absolute Gasteiger partial charge is 0.349 e. The van der Waals surface area contributed by atoms with Crippen molar-refractivity contribution in [1.29, 1.82) is 0 Å². The van der Waals surface area contributed by atoms with Crippen LogP contribution in [0.5, 0.6) is 0 Å². The highest BCUT2D eigenvalue weighted by Gasteiger charge is 2.50. The molecule has 1 saturated heterocycles. The van der Waals surface area contributed by atoms with Crippen LogP contribution in [0.1, 0.15) is 55.4 Å². The van der Waals surface area contributed by atoms with Crippen LogP contribution >= 0.6 is 0 Å². The fraction of sp³-hybridized carbons (Fsp3) is 1.00. The lowest BCUT2D eigenvalue weighted by Crippen LogP contribution is -2.62. The largest absolute Gasteiger partial charge is 0.420 e. The maximum Gasteiger partial charge on any atom is 0.349 e. The van der Waals surface area contributed by atoms with E-state index in [4.69, 9.17) is 21.2 Å². The topological polar surface area (TPSA) is 46.2 Å². The van der Waals surface area contributed by atoms with Gasteiger partial charge in [-0.3, -0.25) is 0 Å². The Morgan fingerprint density at radius 2 is 1.13 bits per heavy atom. The summed E-state index contributed by atoms with van der Waals surface area (Å²) in [4.78, 5) is 0. The molecule has 0 radical (unpaired) electrons. The van der Waals surface area contributed by atoms with Gasteiger partial charge in [-0.2, -0.15) is 0 Å². The molecule has 0 saturated carbocycles. The van der Waals surface area contributed by atoms with Gasteiger partial charge in [0.25, 0.3) is 0 Å². The molecule has 1 heterocycles. The summed E-state index contributed by atoms with van der Waals surface area (Å²) in [6, 6.07) is 0. The Balaban J connectivity index is 3.17. The second-order valence-electron chi connectivity index (χ2n) is 7.74. The molecule has 0 amide bonds. The lowest BCUT2D eigenvalue weighted by Gasteiger charge is -2.45. The van der Waals surface area contributed by atoms with E-state index in [0.717, 1.165) is 0 Å². The van der Waals surface area contributed by atoms with Gasteiger partial charge in [-0.05, 0) is 22.2 Å². The van der Waals surface area contributed by atoms with Gasteiger partial charge in [-0.25, -0.2) is 0 Å². The average molecular weight is 397 g/mol. The molecule has 2 atom stereocenters. The Kier molecular flexibility index (Phi) is 8.86. The standard InChI is InChI=1S/C14H36O5Si4/c1-11(2)20-16-21(12(3)4)18-23(10-15-9,14(7)8)19-22(17-20)13(5)6/h11-14,20-22H,10H2,1-9H3. The molecule has 138 valence electrons. The van der Waals surface area contributed by atoms with Gasteiger partial charge in [0.1, 0.15) is 0 Å². The van der Waals surface area contributed by atoms with Crippen molar-refractivity contribution in [3.63, 3.8) is 0 Å². The van der Waals surface area contributed by atoms with Crippen molar-refractivity contribution < 1.29 is 21.2 Å². The first-order valence-electron chi connectivity index (χ1n) is 8.78. The first-order chi connectivity index (χ1) is 10.6. The van der Waals surface area contributed by atoms with E-state index in [2.05, 4.69) is 55.4 Å². The summed E-state index contributed by atoms with van der Waals surface area (Å²) in [6.07, 6.45) is 0.553. The predicted molar refractivity (Wildman–Crippen MR) is 104 cm³/mol. The average Bonchev–Trinajstić information content (AvgIpc) is 2.40. The molecular formula is C14H36O5Si4. The molecule has 23 heavy (non-hydrogen) atoms. The summed E-state index contributed by atoms with van der Waals surface area (Å²) in [6.45, 7) is 17.5. The van der Waals surface area contributed by atoms with Crippen LogP contribution < -0.4 is 0 Å². The van der Waals surface area contributed by atoms with Crippen molar-refractivity contribution in [2.24, 2.45) is 0 Å². The zero-order valence-corrected chi connectivity index (χ0v) is 20.8. The van der Waals surface area contributed by atoms with E-state index in [1.807, 2.05) is 0 Å². The molecule has 1 fully saturated rings. The van der Waals surface area contributed by atoms with Crippen LogP contribution in [0, 0.1) is 0 Å². The Labute approximate surface area is 148 Å². The van der Waals surface area contributed by atoms with Crippen LogP contribution in [0.25, 0.3) is 0 Å². The molecular weight excluding hydrogens is 360 g/mol. The number of hydrogen-bond acceptors (Lipinski definition) is 5. The van der Waals surface area contributed by atoms with E-state index in [9.17, 15) is 0 Å². The van der Waals surface area contributed by atoms with Crippen LogP contribution in [-0.2, 0) is 21.2 Å². The minimum atomic E-state index is -2.49. The van der Waals surface area contributed by atoms with Gasteiger partial charge in [-0.15, -0.1) is 0 Å². The third kappa shape index (κ3) is 5.85.